The second kappa shape index (κ2) is 9.74. The molecule has 1 atom stereocenters. The van der Waals surface area contributed by atoms with E-state index < -0.39 is 6.04 Å². The number of carbonyl (C=O) groups excluding carboxylic acids is 3. The Morgan fingerprint density at radius 3 is 2.74 bits per heavy atom. The lowest BCUT2D eigenvalue weighted by molar-refractivity contribution is -0.118. The van der Waals surface area contributed by atoms with Crippen molar-refractivity contribution in [2.45, 2.75) is 78.8 Å². The Kier molecular flexibility index (Phi) is 6.94. The van der Waals surface area contributed by atoms with E-state index >= 15 is 0 Å². The van der Waals surface area contributed by atoms with E-state index in [-0.39, 0.29) is 23.0 Å². The van der Waals surface area contributed by atoms with Crippen LogP contribution >= 0.6 is 0 Å². The van der Waals surface area contributed by atoms with Crippen LogP contribution in [-0.4, -0.2) is 35.2 Å². The quantitative estimate of drug-likeness (QED) is 0.496. The molecule has 4 rings (SSSR count). The fourth-order valence-electron chi connectivity index (χ4n) is 5.15. The predicted octanol–water partition coefficient (Wildman–Crippen LogP) is 4.05. The van der Waals surface area contributed by atoms with Crippen molar-refractivity contribution in [1.29, 1.82) is 0 Å². The van der Waals surface area contributed by atoms with Crippen molar-refractivity contribution in [2.75, 3.05) is 11.9 Å². The number of Topliss-reactive ketones (excluding diaryl/α,β-unsaturated/α-hetero) is 1. The highest BCUT2D eigenvalue weighted by Gasteiger charge is 2.35. The van der Waals surface area contributed by atoms with E-state index in [1.54, 1.807) is 0 Å². The van der Waals surface area contributed by atoms with Crippen LogP contribution in [0.1, 0.15) is 89.7 Å². The fourth-order valence-corrected chi connectivity index (χ4v) is 5.15. The van der Waals surface area contributed by atoms with Crippen LogP contribution in [0.2, 0.25) is 0 Å². The smallest absolute Gasteiger partial charge is 0.268 e. The van der Waals surface area contributed by atoms with Gasteiger partial charge in [-0.15, -0.1) is 0 Å². The molecule has 0 saturated carbocycles. The van der Waals surface area contributed by atoms with Gasteiger partial charge in [0.15, 0.2) is 5.78 Å². The first kappa shape index (κ1) is 24.2. The molecule has 0 saturated heterocycles. The summed E-state index contributed by atoms with van der Waals surface area (Å²) in [7, 11) is 0. The number of carbonyl (C=O) groups is 3. The van der Waals surface area contributed by atoms with E-state index in [1.165, 1.54) is 11.1 Å². The number of hydrogen-bond acceptors (Lipinski definition) is 4. The van der Waals surface area contributed by atoms with Gasteiger partial charge >= 0.3 is 0 Å². The zero-order valence-electron chi connectivity index (χ0n) is 20.7. The highest BCUT2D eigenvalue weighted by molar-refractivity contribution is 6.06. The summed E-state index contributed by atoms with van der Waals surface area (Å²) < 4.78 is 0. The van der Waals surface area contributed by atoms with Crippen molar-refractivity contribution in [2.24, 2.45) is 5.41 Å². The molecule has 2 heterocycles. The minimum atomic E-state index is -0.659. The van der Waals surface area contributed by atoms with Crippen molar-refractivity contribution in [3.63, 3.8) is 0 Å². The second-order valence-electron chi connectivity index (χ2n) is 10.5. The fraction of sp³-hybridized carbons (Fsp3) is 0.519. The molecule has 2 amide bonds. The molecule has 1 aliphatic heterocycles. The van der Waals surface area contributed by atoms with Crippen LogP contribution in [0, 0.1) is 12.3 Å². The van der Waals surface area contributed by atoms with Crippen LogP contribution in [0.15, 0.2) is 18.2 Å². The third-order valence-electron chi connectivity index (χ3n) is 6.96. The molecule has 4 N–H and O–H groups in total. The Balaban J connectivity index is 1.51. The van der Waals surface area contributed by atoms with Gasteiger partial charge in [-0.3, -0.25) is 14.4 Å². The molecular weight excluding hydrogens is 428 g/mol. The Morgan fingerprint density at radius 2 is 1.97 bits per heavy atom. The minimum Gasteiger partial charge on any atom is -0.354 e. The van der Waals surface area contributed by atoms with Gasteiger partial charge in [-0.2, -0.15) is 0 Å². The molecular formula is C27H36N4O3. The lowest BCUT2D eigenvalue weighted by atomic mass is 9.75. The van der Waals surface area contributed by atoms with Gasteiger partial charge in [0.25, 0.3) is 5.91 Å². The number of aromatic amines is 1. The maximum absolute atomic E-state index is 13.2. The average Bonchev–Trinajstić information content (AvgIpc) is 3.11. The molecule has 2 aromatic rings. The normalized spacial score (nSPS) is 17.5. The number of ketones is 1. The van der Waals surface area contributed by atoms with E-state index in [4.69, 9.17) is 0 Å². The molecule has 7 heteroatoms. The first-order valence-corrected chi connectivity index (χ1v) is 12.4. The Labute approximate surface area is 201 Å². The van der Waals surface area contributed by atoms with Crippen LogP contribution in [0.5, 0.6) is 0 Å². The molecule has 1 aliphatic carbocycles. The number of fused-ring (bicyclic) bond motifs is 2. The number of aromatic nitrogens is 1. The van der Waals surface area contributed by atoms with Crippen molar-refractivity contribution in [1.82, 2.24) is 15.6 Å². The van der Waals surface area contributed by atoms with E-state index in [1.807, 2.05) is 19.1 Å². The maximum atomic E-state index is 13.2. The standard InChI is InChI=1S/C27H36N4O3/c1-5-6-7-20(25(33)29-19-9-8-17-10-11-28-15-18(17)12-19)31-26(34)24-16(2)23-21(30-24)13-27(3,4)14-22(23)32/h8-9,12,20,28,30H,5-7,10-11,13-15H2,1-4H3,(H,29,33)(H,31,34). The number of unbranched alkanes of at least 4 members (excludes halogenated alkanes) is 1. The summed E-state index contributed by atoms with van der Waals surface area (Å²) in [6.45, 7) is 9.75. The highest BCUT2D eigenvalue weighted by Crippen LogP contribution is 2.36. The van der Waals surface area contributed by atoms with Gasteiger partial charge in [-0.1, -0.05) is 39.7 Å². The first-order valence-electron chi connectivity index (χ1n) is 12.4. The monoisotopic (exact) mass is 464 g/mol. The lowest BCUT2D eigenvalue weighted by Gasteiger charge is -2.28. The zero-order valence-corrected chi connectivity index (χ0v) is 20.7. The topological polar surface area (TPSA) is 103 Å². The van der Waals surface area contributed by atoms with Gasteiger partial charge in [0.05, 0.1) is 0 Å². The lowest BCUT2D eigenvalue weighted by Crippen LogP contribution is -2.44. The summed E-state index contributed by atoms with van der Waals surface area (Å²) in [6.07, 6.45) is 4.46. The molecule has 1 unspecified atom stereocenters. The average molecular weight is 465 g/mol. The molecule has 182 valence electrons. The molecule has 2 aliphatic rings. The van der Waals surface area contributed by atoms with Gasteiger partial charge in [-0.25, -0.2) is 0 Å². The van der Waals surface area contributed by atoms with Crippen LogP contribution in [0.4, 0.5) is 5.69 Å². The number of hydrogen-bond donors (Lipinski definition) is 4. The molecule has 0 radical (unpaired) electrons. The highest BCUT2D eigenvalue weighted by atomic mass is 16.2. The van der Waals surface area contributed by atoms with E-state index in [9.17, 15) is 14.4 Å². The summed E-state index contributed by atoms with van der Waals surface area (Å²) in [4.78, 5) is 42.3. The SMILES string of the molecule is CCCCC(NC(=O)c1[nH]c2c(c1C)C(=O)CC(C)(C)C2)C(=O)Nc1ccc2c(c1)CNCC2. The van der Waals surface area contributed by atoms with E-state index in [0.29, 0.717) is 29.7 Å². The summed E-state index contributed by atoms with van der Waals surface area (Å²) in [5.41, 5.74) is 5.61. The number of amides is 2. The third kappa shape index (κ3) is 5.09. The summed E-state index contributed by atoms with van der Waals surface area (Å²) >= 11 is 0. The summed E-state index contributed by atoms with van der Waals surface area (Å²) in [5.74, 6) is -0.499. The van der Waals surface area contributed by atoms with Gasteiger partial charge in [0, 0.05) is 29.9 Å². The van der Waals surface area contributed by atoms with Crippen LogP contribution in [0.3, 0.4) is 0 Å². The van der Waals surface area contributed by atoms with Crippen molar-refractivity contribution < 1.29 is 14.4 Å². The predicted molar refractivity (Wildman–Crippen MR) is 133 cm³/mol. The summed E-state index contributed by atoms with van der Waals surface area (Å²) in [5, 5.41) is 9.28. The second-order valence-corrected chi connectivity index (χ2v) is 10.5. The number of rotatable bonds is 7. The molecule has 1 aromatic heterocycles. The minimum absolute atomic E-state index is 0.0706. The Morgan fingerprint density at radius 1 is 1.18 bits per heavy atom. The van der Waals surface area contributed by atoms with Gasteiger partial charge in [-0.05, 0) is 67.0 Å². The third-order valence-corrected chi connectivity index (χ3v) is 6.96. The molecule has 0 bridgehead atoms. The first-order chi connectivity index (χ1) is 16.2. The van der Waals surface area contributed by atoms with Crippen LogP contribution in [-0.2, 0) is 24.2 Å². The number of anilines is 1. The van der Waals surface area contributed by atoms with Crippen LogP contribution in [0.25, 0.3) is 0 Å². The van der Waals surface area contributed by atoms with E-state index in [0.717, 1.165) is 50.2 Å². The van der Waals surface area contributed by atoms with Crippen LogP contribution < -0.4 is 16.0 Å². The number of H-pyrrole nitrogens is 1. The summed E-state index contributed by atoms with van der Waals surface area (Å²) in [6, 6.07) is 5.34. The number of benzene rings is 1. The largest absolute Gasteiger partial charge is 0.354 e. The van der Waals surface area contributed by atoms with Crippen molar-refractivity contribution >= 4 is 23.3 Å². The Bertz CT molecular complexity index is 1120. The number of nitrogens with one attached hydrogen (secondary N) is 4. The molecule has 0 spiro atoms. The molecule has 34 heavy (non-hydrogen) atoms. The molecule has 7 nitrogen and oxygen atoms in total. The van der Waals surface area contributed by atoms with Crippen molar-refractivity contribution in [3.05, 3.63) is 51.8 Å². The van der Waals surface area contributed by atoms with Gasteiger partial charge in [0.1, 0.15) is 11.7 Å². The van der Waals surface area contributed by atoms with Crippen molar-refractivity contribution in [3.8, 4) is 0 Å². The van der Waals surface area contributed by atoms with Gasteiger partial charge in [0.2, 0.25) is 5.91 Å². The zero-order chi connectivity index (χ0) is 24.5. The van der Waals surface area contributed by atoms with E-state index in [2.05, 4.69) is 47.8 Å². The maximum Gasteiger partial charge on any atom is 0.268 e. The Hall–Kier alpha value is -2.93. The molecule has 1 aromatic carbocycles. The van der Waals surface area contributed by atoms with Gasteiger partial charge < -0.3 is 20.9 Å². The molecule has 0 fully saturated rings.